The number of amides is 2. The fourth-order valence-electron chi connectivity index (χ4n) is 2.58. The lowest BCUT2D eigenvalue weighted by atomic mass is 10.2. The second-order valence-electron chi connectivity index (χ2n) is 6.35. The molecule has 0 aromatic heterocycles. The van der Waals surface area contributed by atoms with E-state index in [0.29, 0.717) is 21.5 Å². The van der Waals surface area contributed by atoms with Crippen LogP contribution in [0, 0.1) is 6.92 Å². The first-order valence-corrected chi connectivity index (χ1v) is 10.1. The highest BCUT2D eigenvalue weighted by molar-refractivity contribution is 8.26. The number of carbonyl (C=O) groups is 2. The minimum atomic E-state index is -0.233. The number of thiocarbonyl (C=S) groups is 1. The summed E-state index contributed by atoms with van der Waals surface area (Å²) in [6.07, 6.45) is 3.44. The summed E-state index contributed by atoms with van der Waals surface area (Å²) in [5.41, 5.74) is 2.70. The molecule has 5 nitrogen and oxygen atoms in total. The van der Waals surface area contributed by atoms with Crippen molar-refractivity contribution in [2.24, 2.45) is 0 Å². The molecule has 1 aliphatic heterocycles. The lowest BCUT2D eigenvalue weighted by molar-refractivity contribution is -0.121. The number of carbonyl (C=O) groups excluding carboxylic acids is 2. The zero-order chi connectivity index (χ0) is 20.8. The van der Waals surface area contributed by atoms with Crippen LogP contribution in [0.5, 0.6) is 5.75 Å². The van der Waals surface area contributed by atoms with Crippen molar-refractivity contribution in [3.63, 3.8) is 0 Å². The normalized spacial score (nSPS) is 14.9. The molecule has 3 rings (SSSR count). The number of hydrogen-bond acceptors (Lipinski definition) is 5. The summed E-state index contributed by atoms with van der Waals surface area (Å²) in [5.74, 6) is 0.220. The molecule has 0 spiro atoms. The van der Waals surface area contributed by atoms with Crippen molar-refractivity contribution in [1.82, 2.24) is 4.90 Å². The van der Waals surface area contributed by atoms with E-state index in [4.69, 9.17) is 17.0 Å². The first-order valence-electron chi connectivity index (χ1n) is 8.92. The number of anilines is 1. The van der Waals surface area contributed by atoms with E-state index in [-0.39, 0.29) is 18.4 Å². The quantitative estimate of drug-likeness (QED) is 0.406. The van der Waals surface area contributed by atoms with Crippen LogP contribution < -0.4 is 10.1 Å². The Bertz CT molecular complexity index is 967. The monoisotopic (exact) mass is 424 g/mol. The van der Waals surface area contributed by atoms with Crippen LogP contribution in [0.1, 0.15) is 11.1 Å². The molecule has 1 saturated heterocycles. The number of nitrogens with one attached hydrogen (secondary N) is 1. The zero-order valence-electron chi connectivity index (χ0n) is 15.9. The molecule has 1 heterocycles. The van der Waals surface area contributed by atoms with Crippen LogP contribution in [0.3, 0.4) is 0 Å². The van der Waals surface area contributed by atoms with Gasteiger partial charge in [-0.15, -0.1) is 6.58 Å². The molecule has 0 bridgehead atoms. The van der Waals surface area contributed by atoms with Crippen LogP contribution >= 0.6 is 24.0 Å². The molecule has 2 aromatic carbocycles. The Morgan fingerprint density at radius 1 is 1.21 bits per heavy atom. The second kappa shape index (κ2) is 9.54. The van der Waals surface area contributed by atoms with E-state index in [1.807, 2.05) is 43.3 Å². The topological polar surface area (TPSA) is 58.6 Å². The maximum absolute atomic E-state index is 12.4. The molecule has 0 radical (unpaired) electrons. The summed E-state index contributed by atoms with van der Waals surface area (Å²) in [6, 6.07) is 14.7. The van der Waals surface area contributed by atoms with Gasteiger partial charge in [-0.1, -0.05) is 59.9 Å². The number of rotatable bonds is 7. The van der Waals surface area contributed by atoms with Crippen LogP contribution in [-0.4, -0.2) is 34.2 Å². The largest absolute Gasteiger partial charge is 0.484 e. The summed E-state index contributed by atoms with van der Waals surface area (Å²) >= 11 is 6.50. The van der Waals surface area contributed by atoms with E-state index in [0.717, 1.165) is 16.8 Å². The van der Waals surface area contributed by atoms with Gasteiger partial charge in [0.1, 0.15) is 10.1 Å². The average Bonchev–Trinajstić information content (AvgIpc) is 2.97. The Kier molecular flexibility index (Phi) is 6.85. The van der Waals surface area contributed by atoms with Crippen molar-refractivity contribution >= 4 is 51.9 Å². The van der Waals surface area contributed by atoms with Crippen molar-refractivity contribution in [3.8, 4) is 5.75 Å². The highest BCUT2D eigenvalue weighted by Gasteiger charge is 2.30. The van der Waals surface area contributed by atoms with Crippen molar-refractivity contribution in [2.45, 2.75) is 6.92 Å². The fraction of sp³-hybridized carbons (Fsp3) is 0.136. The van der Waals surface area contributed by atoms with Crippen LogP contribution in [0.15, 0.2) is 66.1 Å². The van der Waals surface area contributed by atoms with Gasteiger partial charge >= 0.3 is 0 Å². The molecule has 0 atom stereocenters. The fourth-order valence-corrected chi connectivity index (χ4v) is 3.86. The summed E-state index contributed by atoms with van der Waals surface area (Å²) in [4.78, 5) is 26.5. The lowest BCUT2D eigenvalue weighted by Gasteiger charge is -2.10. The predicted octanol–water partition coefficient (Wildman–Crippen LogP) is 4.40. The van der Waals surface area contributed by atoms with Gasteiger partial charge in [-0.2, -0.15) is 0 Å². The van der Waals surface area contributed by atoms with E-state index in [2.05, 4.69) is 11.9 Å². The van der Waals surface area contributed by atoms with Gasteiger partial charge < -0.3 is 10.1 Å². The average molecular weight is 425 g/mol. The van der Waals surface area contributed by atoms with Crippen LogP contribution in [0.25, 0.3) is 6.08 Å². The highest BCUT2D eigenvalue weighted by atomic mass is 32.2. The van der Waals surface area contributed by atoms with Gasteiger partial charge in [-0.3, -0.25) is 14.5 Å². The zero-order valence-corrected chi connectivity index (χ0v) is 17.5. The number of ether oxygens (including phenoxy) is 1. The SMILES string of the molecule is C=CCN1C(=O)/C(=C/c2ccc(OCC(=O)Nc3ccc(C)cc3)cc2)SC1=S. The van der Waals surface area contributed by atoms with Crippen molar-refractivity contribution in [1.29, 1.82) is 0 Å². The molecule has 1 aliphatic rings. The van der Waals surface area contributed by atoms with Gasteiger partial charge in [-0.05, 0) is 42.8 Å². The molecule has 7 heteroatoms. The standard InChI is InChI=1S/C22H20N2O3S2/c1-3-12-24-21(26)19(29-22(24)28)13-16-6-10-18(11-7-16)27-14-20(25)23-17-8-4-15(2)5-9-17/h3-11,13H,1,12,14H2,2H3,(H,23,25)/b19-13-. The molecule has 0 aliphatic carbocycles. The van der Waals surface area contributed by atoms with Gasteiger partial charge in [-0.25, -0.2) is 0 Å². The van der Waals surface area contributed by atoms with Crippen molar-refractivity contribution < 1.29 is 14.3 Å². The van der Waals surface area contributed by atoms with Gasteiger partial charge in [0.25, 0.3) is 11.8 Å². The molecule has 0 saturated carbocycles. The molecule has 2 aromatic rings. The first kappa shape index (κ1) is 20.8. The third-order valence-corrected chi connectivity index (χ3v) is 5.45. The number of aryl methyl sites for hydroxylation is 1. The number of benzene rings is 2. The Morgan fingerprint density at radius 2 is 1.90 bits per heavy atom. The molecule has 1 fully saturated rings. The maximum Gasteiger partial charge on any atom is 0.266 e. The molecule has 29 heavy (non-hydrogen) atoms. The first-order chi connectivity index (χ1) is 14.0. The molecule has 0 unspecified atom stereocenters. The van der Waals surface area contributed by atoms with Crippen molar-refractivity contribution in [2.75, 3.05) is 18.5 Å². The maximum atomic E-state index is 12.4. The third-order valence-electron chi connectivity index (χ3n) is 4.07. The van der Waals surface area contributed by atoms with Gasteiger partial charge in [0, 0.05) is 12.2 Å². The molecule has 148 valence electrons. The third kappa shape index (κ3) is 5.56. The minimum Gasteiger partial charge on any atom is -0.484 e. The number of thioether (sulfide) groups is 1. The Labute approximate surface area is 179 Å². The van der Waals surface area contributed by atoms with E-state index >= 15 is 0 Å². The summed E-state index contributed by atoms with van der Waals surface area (Å²) in [6.45, 7) is 5.94. The van der Waals surface area contributed by atoms with E-state index in [1.54, 1.807) is 24.3 Å². The van der Waals surface area contributed by atoms with Gasteiger partial charge in [0.05, 0.1) is 4.91 Å². The Balaban J connectivity index is 1.55. The molecular formula is C22H20N2O3S2. The van der Waals surface area contributed by atoms with Gasteiger partial charge in [0.15, 0.2) is 6.61 Å². The molecular weight excluding hydrogens is 404 g/mol. The minimum absolute atomic E-state index is 0.0898. The predicted molar refractivity (Wildman–Crippen MR) is 122 cm³/mol. The van der Waals surface area contributed by atoms with Crippen molar-refractivity contribution in [3.05, 3.63) is 77.2 Å². The second-order valence-corrected chi connectivity index (χ2v) is 8.03. The summed E-state index contributed by atoms with van der Waals surface area (Å²) in [7, 11) is 0. The highest BCUT2D eigenvalue weighted by Crippen LogP contribution is 2.32. The Hall–Kier alpha value is -2.90. The van der Waals surface area contributed by atoms with Crippen LogP contribution in [0.2, 0.25) is 0 Å². The number of hydrogen-bond donors (Lipinski definition) is 1. The summed E-state index contributed by atoms with van der Waals surface area (Å²) in [5, 5.41) is 2.78. The molecule has 1 N–H and O–H groups in total. The van der Waals surface area contributed by atoms with E-state index in [9.17, 15) is 9.59 Å². The van der Waals surface area contributed by atoms with Crippen LogP contribution in [0.4, 0.5) is 5.69 Å². The molecule has 2 amide bonds. The summed E-state index contributed by atoms with van der Waals surface area (Å²) < 4.78 is 6.06. The number of nitrogens with zero attached hydrogens (tertiary/aromatic N) is 1. The Morgan fingerprint density at radius 3 is 2.55 bits per heavy atom. The van der Waals surface area contributed by atoms with Gasteiger partial charge in [0.2, 0.25) is 0 Å². The van der Waals surface area contributed by atoms with Crippen LogP contribution in [-0.2, 0) is 9.59 Å². The lowest BCUT2D eigenvalue weighted by Crippen LogP contribution is -2.27. The smallest absolute Gasteiger partial charge is 0.266 e. The van der Waals surface area contributed by atoms with E-state index < -0.39 is 0 Å². The van der Waals surface area contributed by atoms with E-state index in [1.165, 1.54) is 16.7 Å².